The Morgan fingerprint density at radius 1 is 1.40 bits per heavy atom. The highest BCUT2D eigenvalue weighted by Gasteiger charge is 2.05. The first kappa shape index (κ1) is 14.9. The Balaban J connectivity index is 1.94. The van der Waals surface area contributed by atoms with Crippen molar-refractivity contribution in [2.45, 2.75) is 26.5 Å². The Morgan fingerprint density at radius 2 is 2.25 bits per heavy atom. The molecule has 0 saturated carbocycles. The van der Waals surface area contributed by atoms with Gasteiger partial charge in [-0.2, -0.15) is 0 Å². The molecule has 0 aliphatic rings. The molecule has 1 heterocycles. The van der Waals surface area contributed by atoms with Crippen molar-refractivity contribution in [3.8, 4) is 5.75 Å². The van der Waals surface area contributed by atoms with Gasteiger partial charge in [0.1, 0.15) is 18.2 Å². The first-order valence-electron chi connectivity index (χ1n) is 6.79. The van der Waals surface area contributed by atoms with Gasteiger partial charge in [0, 0.05) is 26.0 Å². The number of hydrogen-bond donors (Lipinski definition) is 1. The average Bonchev–Trinajstić information content (AvgIpc) is 2.84. The third-order valence-corrected chi connectivity index (χ3v) is 3.33. The van der Waals surface area contributed by atoms with E-state index >= 15 is 0 Å². The van der Waals surface area contributed by atoms with Crippen molar-refractivity contribution < 1.29 is 4.74 Å². The summed E-state index contributed by atoms with van der Waals surface area (Å²) in [6, 6.07) is 5.88. The molecule has 0 atom stereocenters. The number of ether oxygens (including phenoxy) is 1. The molecular weight excluding hydrogens is 274 g/mol. The van der Waals surface area contributed by atoms with E-state index in [2.05, 4.69) is 17.2 Å². The first-order valence-corrected chi connectivity index (χ1v) is 7.16. The molecule has 1 aromatic heterocycles. The van der Waals surface area contributed by atoms with Crippen LogP contribution in [0.25, 0.3) is 0 Å². The number of aromatic nitrogens is 2. The predicted octanol–water partition coefficient (Wildman–Crippen LogP) is 3.15. The third kappa shape index (κ3) is 3.99. The summed E-state index contributed by atoms with van der Waals surface area (Å²) in [7, 11) is 1.94. The summed E-state index contributed by atoms with van der Waals surface area (Å²) in [4.78, 5) is 4.21. The van der Waals surface area contributed by atoms with Gasteiger partial charge >= 0.3 is 0 Å². The number of nitrogens with zero attached hydrogens (tertiary/aromatic N) is 2. The monoisotopic (exact) mass is 293 g/mol. The maximum Gasteiger partial charge on any atom is 0.146 e. The average molecular weight is 294 g/mol. The van der Waals surface area contributed by atoms with Crippen molar-refractivity contribution in [2.24, 2.45) is 7.05 Å². The summed E-state index contributed by atoms with van der Waals surface area (Å²) in [6.07, 6.45) is 4.77. The van der Waals surface area contributed by atoms with Crippen LogP contribution >= 0.6 is 11.6 Å². The van der Waals surface area contributed by atoms with E-state index in [9.17, 15) is 0 Å². The molecule has 0 bridgehead atoms. The summed E-state index contributed by atoms with van der Waals surface area (Å²) >= 11 is 6.24. The van der Waals surface area contributed by atoms with Gasteiger partial charge in [-0.1, -0.05) is 24.6 Å². The van der Waals surface area contributed by atoms with Crippen LogP contribution in [0, 0.1) is 0 Å². The van der Waals surface area contributed by atoms with Gasteiger partial charge in [0.15, 0.2) is 0 Å². The number of hydrogen-bond acceptors (Lipinski definition) is 3. The summed E-state index contributed by atoms with van der Waals surface area (Å²) in [6.45, 7) is 4.40. The summed E-state index contributed by atoms with van der Waals surface area (Å²) in [5.74, 6) is 1.56. The van der Waals surface area contributed by atoms with Gasteiger partial charge in [0.25, 0.3) is 0 Å². The number of benzene rings is 1. The molecule has 0 fully saturated rings. The maximum absolute atomic E-state index is 6.24. The topological polar surface area (TPSA) is 39.1 Å². The number of aryl methyl sites for hydroxylation is 1. The lowest BCUT2D eigenvalue weighted by Crippen LogP contribution is -2.13. The molecular formula is C15H20ClN3O. The van der Waals surface area contributed by atoms with Crippen LogP contribution in [-0.4, -0.2) is 16.1 Å². The zero-order valence-electron chi connectivity index (χ0n) is 11.9. The smallest absolute Gasteiger partial charge is 0.146 e. The highest BCUT2D eigenvalue weighted by Crippen LogP contribution is 2.26. The van der Waals surface area contributed by atoms with E-state index in [1.807, 2.05) is 36.0 Å². The Kier molecular flexibility index (Phi) is 5.44. The summed E-state index contributed by atoms with van der Waals surface area (Å²) in [5, 5.41) is 3.98. The first-order chi connectivity index (χ1) is 9.70. The fourth-order valence-electron chi connectivity index (χ4n) is 1.86. The lowest BCUT2D eigenvalue weighted by atomic mass is 10.2. The highest BCUT2D eigenvalue weighted by atomic mass is 35.5. The van der Waals surface area contributed by atoms with Gasteiger partial charge in [0.05, 0.1) is 5.02 Å². The minimum absolute atomic E-state index is 0.413. The van der Waals surface area contributed by atoms with E-state index in [-0.39, 0.29) is 0 Å². The zero-order valence-corrected chi connectivity index (χ0v) is 12.7. The van der Waals surface area contributed by atoms with Gasteiger partial charge in [-0.3, -0.25) is 0 Å². The second-order valence-corrected chi connectivity index (χ2v) is 5.09. The Hall–Kier alpha value is -1.52. The third-order valence-electron chi connectivity index (χ3n) is 3.03. The fourth-order valence-corrected chi connectivity index (χ4v) is 2.12. The maximum atomic E-state index is 6.24. The molecule has 4 nitrogen and oxygen atoms in total. The standard InChI is InChI=1S/C15H20ClN3O/c1-3-6-17-10-12-4-5-14(13(16)9-12)20-11-15-18-7-8-19(15)2/h4-5,7-9,17H,3,6,10-11H2,1-2H3. The number of nitrogens with one attached hydrogen (secondary N) is 1. The fraction of sp³-hybridized carbons (Fsp3) is 0.400. The number of rotatable bonds is 7. The van der Waals surface area contributed by atoms with Crippen LogP contribution in [0.3, 0.4) is 0 Å². The van der Waals surface area contributed by atoms with Gasteiger partial charge < -0.3 is 14.6 Å². The molecule has 0 aliphatic carbocycles. The molecule has 1 aromatic carbocycles. The Bertz CT molecular complexity index is 554. The molecule has 5 heteroatoms. The Morgan fingerprint density at radius 3 is 2.90 bits per heavy atom. The lowest BCUT2D eigenvalue weighted by Gasteiger charge is -2.10. The summed E-state index contributed by atoms with van der Waals surface area (Å²) in [5.41, 5.74) is 1.16. The largest absolute Gasteiger partial charge is 0.484 e. The van der Waals surface area contributed by atoms with Crippen molar-refractivity contribution in [1.29, 1.82) is 0 Å². The van der Waals surface area contributed by atoms with E-state index in [0.717, 1.165) is 30.9 Å². The molecule has 0 spiro atoms. The van der Waals surface area contributed by atoms with Gasteiger partial charge in [-0.05, 0) is 30.7 Å². The predicted molar refractivity (Wildman–Crippen MR) is 81.0 cm³/mol. The van der Waals surface area contributed by atoms with Gasteiger partial charge in [-0.25, -0.2) is 4.98 Å². The highest BCUT2D eigenvalue weighted by molar-refractivity contribution is 6.32. The Labute approximate surface area is 124 Å². The van der Waals surface area contributed by atoms with E-state index in [1.54, 1.807) is 6.20 Å². The molecule has 0 unspecified atom stereocenters. The molecule has 108 valence electrons. The van der Waals surface area contributed by atoms with E-state index in [1.165, 1.54) is 0 Å². The van der Waals surface area contributed by atoms with Crippen molar-refractivity contribution in [3.05, 3.63) is 47.0 Å². The van der Waals surface area contributed by atoms with E-state index < -0.39 is 0 Å². The normalized spacial score (nSPS) is 10.8. The molecule has 20 heavy (non-hydrogen) atoms. The van der Waals surface area contributed by atoms with Crippen LogP contribution in [0.5, 0.6) is 5.75 Å². The SMILES string of the molecule is CCCNCc1ccc(OCc2nccn2C)c(Cl)c1. The van der Waals surface area contributed by atoms with Gasteiger partial charge in [0.2, 0.25) is 0 Å². The van der Waals surface area contributed by atoms with Crippen LogP contribution in [0.4, 0.5) is 0 Å². The molecule has 0 saturated heterocycles. The molecule has 0 aliphatic heterocycles. The molecule has 1 N–H and O–H groups in total. The second-order valence-electron chi connectivity index (χ2n) is 4.68. The van der Waals surface area contributed by atoms with Crippen LogP contribution in [-0.2, 0) is 20.2 Å². The number of imidazole rings is 1. The molecule has 2 aromatic rings. The molecule has 0 radical (unpaired) electrons. The minimum Gasteiger partial charge on any atom is -0.484 e. The quantitative estimate of drug-likeness (QED) is 0.797. The van der Waals surface area contributed by atoms with Crippen LogP contribution in [0.1, 0.15) is 24.7 Å². The van der Waals surface area contributed by atoms with Crippen molar-refractivity contribution >= 4 is 11.6 Å². The van der Waals surface area contributed by atoms with Crippen LogP contribution in [0.15, 0.2) is 30.6 Å². The minimum atomic E-state index is 0.413. The summed E-state index contributed by atoms with van der Waals surface area (Å²) < 4.78 is 7.63. The van der Waals surface area contributed by atoms with Gasteiger partial charge in [-0.15, -0.1) is 0 Å². The van der Waals surface area contributed by atoms with Crippen molar-refractivity contribution in [2.75, 3.05) is 6.54 Å². The van der Waals surface area contributed by atoms with Crippen LogP contribution in [0.2, 0.25) is 5.02 Å². The molecule has 2 rings (SSSR count). The second kappa shape index (κ2) is 7.31. The van der Waals surface area contributed by atoms with Crippen LogP contribution < -0.4 is 10.1 Å². The lowest BCUT2D eigenvalue weighted by molar-refractivity contribution is 0.292. The van der Waals surface area contributed by atoms with E-state index in [0.29, 0.717) is 17.4 Å². The molecule has 0 amide bonds. The van der Waals surface area contributed by atoms with Crippen molar-refractivity contribution in [3.63, 3.8) is 0 Å². The zero-order chi connectivity index (χ0) is 14.4. The number of halogens is 1. The van der Waals surface area contributed by atoms with Crippen molar-refractivity contribution in [1.82, 2.24) is 14.9 Å². The van der Waals surface area contributed by atoms with E-state index in [4.69, 9.17) is 16.3 Å².